The maximum absolute atomic E-state index is 5.13. The molecular weight excluding hydrogens is 154 g/mol. The summed E-state index contributed by atoms with van der Waals surface area (Å²) in [5.41, 5.74) is 1.13. The quantitative estimate of drug-likeness (QED) is 0.668. The van der Waals surface area contributed by atoms with Crippen LogP contribution in [0.3, 0.4) is 0 Å². The van der Waals surface area contributed by atoms with Crippen LogP contribution in [0.4, 0.5) is 5.69 Å². The zero-order valence-corrected chi connectivity index (χ0v) is 7.63. The van der Waals surface area contributed by atoms with Crippen molar-refractivity contribution in [3.05, 3.63) is 18.2 Å². The fourth-order valence-electron chi connectivity index (χ4n) is 1.03. The topological polar surface area (TPSA) is 35.1 Å². The van der Waals surface area contributed by atoms with Crippen LogP contribution < -0.4 is 14.8 Å². The molecule has 0 aliphatic rings. The fraction of sp³-hybridized carbons (Fsp3) is 0.333. The van der Waals surface area contributed by atoms with Crippen LogP contribution in [0.2, 0.25) is 0 Å². The van der Waals surface area contributed by atoms with E-state index in [1.165, 1.54) is 0 Å². The molecule has 0 saturated heterocycles. The second kappa shape index (κ2) is 3.97. The van der Waals surface area contributed by atoms with Crippen LogP contribution in [0, 0.1) is 0 Å². The molecule has 0 aliphatic carbocycles. The average molecular weight is 168 g/mol. The van der Waals surface area contributed by atoms with Crippen LogP contribution in [0.15, 0.2) is 18.2 Å². The van der Waals surface area contributed by atoms with E-state index < -0.39 is 0 Å². The van der Waals surface area contributed by atoms with Crippen LogP contribution in [0.25, 0.3) is 0 Å². The maximum Gasteiger partial charge on any atom is 0.166 e. The lowest BCUT2D eigenvalue weighted by Gasteiger charge is -2.06. The Bertz CT molecular complexity index is 261. The molecule has 0 heterocycles. The summed E-state index contributed by atoms with van der Waals surface area (Å²) in [5.74, 6) is 1.54. The van der Waals surface area contributed by atoms with Crippen molar-refractivity contribution >= 4 is 5.69 Å². The first kappa shape index (κ1) is 8.87. The van der Waals surface area contributed by atoms with E-state index >= 15 is 0 Å². The zero-order valence-electron chi connectivity index (χ0n) is 7.63. The molecular formula is C9H14NO2+. The van der Waals surface area contributed by atoms with Gasteiger partial charge in [-0.05, 0) is 6.07 Å². The largest absolute Gasteiger partial charge is 0.493 e. The van der Waals surface area contributed by atoms with Gasteiger partial charge in [-0.3, -0.25) is 0 Å². The van der Waals surface area contributed by atoms with Crippen molar-refractivity contribution in [2.24, 2.45) is 0 Å². The van der Waals surface area contributed by atoms with Crippen molar-refractivity contribution in [3.63, 3.8) is 0 Å². The van der Waals surface area contributed by atoms with Gasteiger partial charge in [0.05, 0.1) is 21.3 Å². The summed E-state index contributed by atoms with van der Waals surface area (Å²) in [6, 6.07) is 5.83. The summed E-state index contributed by atoms with van der Waals surface area (Å²) in [6.45, 7) is 0. The third-order valence-electron chi connectivity index (χ3n) is 1.74. The molecule has 0 amide bonds. The van der Waals surface area contributed by atoms with Crippen LogP contribution >= 0.6 is 0 Å². The number of methoxy groups -OCH3 is 2. The number of hydrogen-bond donors (Lipinski definition) is 1. The lowest BCUT2D eigenvalue weighted by molar-refractivity contribution is -0.539. The fourth-order valence-corrected chi connectivity index (χ4v) is 1.03. The highest BCUT2D eigenvalue weighted by Gasteiger charge is 2.04. The van der Waals surface area contributed by atoms with Gasteiger partial charge in [-0.15, -0.1) is 0 Å². The molecule has 0 fully saturated rings. The summed E-state index contributed by atoms with van der Waals surface area (Å²) >= 11 is 0. The van der Waals surface area contributed by atoms with Crippen molar-refractivity contribution in [1.29, 1.82) is 0 Å². The Morgan fingerprint density at radius 1 is 1.08 bits per heavy atom. The van der Waals surface area contributed by atoms with E-state index in [9.17, 15) is 0 Å². The van der Waals surface area contributed by atoms with Gasteiger partial charge >= 0.3 is 0 Å². The minimum Gasteiger partial charge on any atom is -0.493 e. The Hall–Kier alpha value is -1.22. The first-order chi connectivity index (χ1) is 5.81. The number of nitrogens with two attached hydrogens (primary N) is 1. The van der Waals surface area contributed by atoms with E-state index in [-0.39, 0.29) is 0 Å². The highest BCUT2D eigenvalue weighted by atomic mass is 16.5. The van der Waals surface area contributed by atoms with E-state index in [4.69, 9.17) is 9.47 Å². The van der Waals surface area contributed by atoms with Gasteiger partial charge in [0, 0.05) is 12.1 Å². The van der Waals surface area contributed by atoms with Crippen LogP contribution in [0.1, 0.15) is 0 Å². The number of ether oxygens (including phenoxy) is 2. The van der Waals surface area contributed by atoms with Crippen molar-refractivity contribution in [2.45, 2.75) is 0 Å². The molecule has 0 bridgehead atoms. The smallest absolute Gasteiger partial charge is 0.166 e. The van der Waals surface area contributed by atoms with Crippen LogP contribution in [-0.2, 0) is 0 Å². The number of hydrogen-bond acceptors (Lipinski definition) is 2. The van der Waals surface area contributed by atoms with E-state index in [0.717, 1.165) is 17.2 Å². The minimum atomic E-state index is 0.767. The molecule has 3 heteroatoms. The summed E-state index contributed by atoms with van der Waals surface area (Å²) in [6.07, 6.45) is 0. The molecule has 0 aromatic heterocycles. The maximum atomic E-state index is 5.13. The van der Waals surface area contributed by atoms with Crippen LogP contribution in [-0.4, -0.2) is 21.3 Å². The van der Waals surface area contributed by atoms with Crippen molar-refractivity contribution < 1.29 is 14.8 Å². The first-order valence-corrected chi connectivity index (χ1v) is 3.83. The highest BCUT2D eigenvalue weighted by molar-refractivity contribution is 5.47. The van der Waals surface area contributed by atoms with Crippen molar-refractivity contribution in [3.8, 4) is 11.5 Å². The first-order valence-electron chi connectivity index (χ1n) is 3.83. The van der Waals surface area contributed by atoms with E-state index in [2.05, 4.69) is 0 Å². The normalized spacial score (nSPS) is 9.58. The Morgan fingerprint density at radius 3 is 2.25 bits per heavy atom. The van der Waals surface area contributed by atoms with Gasteiger partial charge in [-0.25, -0.2) is 0 Å². The van der Waals surface area contributed by atoms with Gasteiger partial charge in [0.15, 0.2) is 11.5 Å². The summed E-state index contributed by atoms with van der Waals surface area (Å²) < 4.78 is 10.2. The predicted molar refractivity (Wildman–Crippen MR) is 47.1 cm³/mol. The number of rotatable bonds is 3. The molecule has 0 spiro atoms. The van der Waals surface area contributed by atoms with Crippen molar-refractivity contribution in [1.82, 2.24) is 0 Å². The summed E-state index contributed by atoms with van der Waals surface area (Å²) in [7, 11) is 5.26. The van der Waals surface area contributed by atoms with E-state index in [1.807, 2.05) is 30.6 Å². The average Bonchev–Trinajstić information content (AvgIpc) is 2.16. The van der Waals surface area contributed by atoms with E-state index in [1.54, 1.807) is 14.2 Å². The summed E-state index contributed by atoms with van der Waals surface area (Å²) in [5, 5.41) is 2.02. The molecule has 0 aliphatic heterocycles. The lowest BCUT2D eigenvalue weighted by atomic mass is 10.3. The molecule has 0 unspecified atom stereocenters. The third-order valence-corrected chi connectivity index (χ3v) is 1.74. The Labute approximate surface area is 72.3 Å². The molecule has 66 valence electrons. The molecule has 1 aromatic carbocycles. The lowest BCUT2D eigenvalue weighted by Crippen LogP contribution is -2.72. The van der Waals surface area contributed by atoms with Crippen LogP contribution in [0.5, 0.6) is 11.5 Å². The Morgan fingerprint density at radius 2 is 1.75 bits per heavy atom. The molecule has 3 nitrogen and oxygen atoms in total. The molecule has 12 heavy (non-hydrogen) atoms. The minimum absolute atomic E-state index is 0.767. The predicted octanol–water partition coefficient (Wildman–Crippen LogP) is 0.528. The summed E-state index contributed by atoms with van der Waals surface area (Å²) in [4.78, 5) is 0. The Kier molecular flexibility index (Phi) is 2.94. The molecule has 0 radical (unpaired) electrons. The Balaban J connectivity index is 3.02. The van der Waals surface area contributed by atoms with Gasteiger partial charge in [0.1, 0.15) is 5.69 Å². The monoisotopic (exact) mass is 168 g/mol. The number of quaternary nitrogens is 1. The van der Waals surface area contributed by atoms with Crippen molar-refractivity contribution in [2.75, 3.05) is 21.3 Å². The molecule has 0 saturated carbocycles. The standard InChI is InChI=1S/C9H13NO2/c1-10-7-4-5-8(11-2)9(6-7)12-3/h4-6,10H,1-3H3/p+1. The highest BCUT2D eigenvalue weighted by Crippen LogP contribution is 2.27. The molecule has 2 N–H and O–H groups in total. The van der Waals surface area contributed by atoms with Gasteiger partial charge in [-0.1, -0.05) is 0 Å². The SMILES string of the molecule is C[NH2+]c1ccc(OC)c(OC)c1. The van der Waals surface area contributed by atoms with Gasteiger partial charge in [0.25, 0.3) is 0 Å². The van der Waals surface area contributed by atoms with Gasteiger partial charge in [-0.2, -0.15) is 0 Å². The zero-order chi connectivity index (χ0) is 8.97. The number of benzene rings is 1. The second-order valence-electron chi connectivity index (χ2n) is 2.40. The molecule has 0 atom stereocenters. The third kappa shape index (κ3) is 1.68. The molecule has 1 rings (SSSR count). The van der Waals surface area contributed by atoms with Gasteiger partial charge < -0.3 is 14.8 Å². The van der Waals surface area contributed by atoms with E-state index in [0.29, 0.717) is 0 Å². The second-order valence-corrected chi connectivity index (χ2v) is 2.40. The molecule has 1 aromatic rings. The van der Waals surface area contributed by atoms with Gasteiger partial charge in [0.2, 0.25) is 0 Å².